The molecule has 1 aromatic rings. The van der Waals surface area contributed by atoms with Crippen LogP contribution in [0.1, 0.15) is 36.0 Å². The first-order valence-electron chi connectivity index (χ1n) is 6.68. The van der Waals surface area contributed by atoms with Gasteiger partial charge in [0.2, 0.25) is 0 Å². The first kappa shape index (κ1) is 14.2. The van der Waals surface area contributed by atoms with E-state index >= 15 is 0 Å². The summed E-state index contributed by atoms with van der Waals surface area (Å²) in [6.07, 6.45) is 2.06. The molecule has 0 radical (unpaired) electrons. The van der Waals surface area contributed by atoms with Crippen molar-refractivity contribution in [1.29, 1.82) is 0 Å². The molecule has 1 fully saturated rings. The Bertz CT molecular complexity index is 494. The molecule has 1 aliphatic carbocycles. The summed E-state index contributed by atoms with van der Waals surface area (Å²) in [7, 11) is 0. The number of hydrogen-bond acceptors (Lipinski definition) is 4. The molecular weight excluding hydrogens is 258 g/mol. The Labute approximate surface area is 117 Å². The predicted octanol–water partition coefficient (Wildman–Crippen LogP) is 1.47. The molecule has 0 saturated heterocycles. The number of Topliss-reactive ketones (excluding diaryl/α,β-unsaturated/α-hetero) is 1. The minimum Gasteiger partial charge on any atom is -0.456 e. The topological polar surface area (TPSA) is 72.5 Å². The van der Waals surface area contributed by atoms with Crippen molar-refractivity contribution in [1.82, 2.24) is 5.32 Å². The molecule has 1 N–H and O–H groups in total. The molecule has 0 spiro atoms. The van der Waals surface area contributed by atoms with Gasteiger partial charge in [0.05, 0.1) is 6.42 Å². The summed E-state index contributed by atoms with van der Waals surface area (Å²) in [5.74, 6) is -0.916. The maximum Gasteiger partial charge on any atom is 0.306 e. The molecule has 106 valence electrons. The Hall–Kier alpha value is -2.17. The number of esters is 1. The largest absolute Gasteiger partial charge is 0.456 e. The van der Waals surface area contributed by atoms with Gasteiger partial charge in [-0.15, -0.1) is 0 Å². The van der Waals surface area contributed by atoms with E-state index < -0.39 is 5.97 Å². The monoisotopic (exact) mass is 275 g/mol. The lowest BCUT2D eigenvalue weighted by Gasteiger charge is -2.05. The molecule has 20 heavy (non-hydrogen) atoms. The lowest BCUT2D eigenvalue weighted by molar-refractivity contribution is -0.148. The molecule has 0 aromatic heterocycles. The van der Waals surface area contributed by atoms with Gasteiger partial charge < -0.3 is 10.1 Å². The first-order chi connectivity index (χ1) is 9.65. The summed E-state index contributed by atoms with van der Waals surface area (Å²) in [4.78, 5) is 34.5. The molecule has 0 unspecified atom stereocenters. The lowest BCUT2D eigenvalue weighted by Crippen LogP contribution is -2.30. The minimum absolute atomic E-state index is 0.00949. The molecule has 1 aromatic carbocycles. The van der Waals surface area contributed by atoms with E-state index in [0.29, 0.717) is 5.56 Å². The van der Waals surface area contributed by atoms with Gasteiger partial charge >= 0.3 is 5.97 Å². The average molecular weight is 275 g/mol. The summed E-state index contributed by atoms with van der Waals surface area (Å²) in [6.45, 7) is -0.269. The molecule has 0 heterocycles. The molecule has 0 bridgehead atoms. The zero-order valence-corrected chi connectivity index (χ0v) is 11.1. The SMILES string of the molecule is O=C(COC(=O)CCC(=O)c1ccccc1)NC1CC1. The van der Waals surface area contributed by atoms with E-state index in [1.165, 1.54) is 0 Å². The number of rotatable bonds is 7. The fourth-order valence-electron chi connectivity index (χ4n) is 1.70. The predicted molar refractivity (Wildman–Crippen MR) is 72.1 cm³/mol. The zero-order valence-electron chi connectivity index (χ0n) is 11.1. The Morgan fingerprint density at radius 1 is 1.10 bits per heavy atom. The van der Waals surface area contributed by atoms with E-state index in [1.807, 2.05) is 6.07 Å². The average Bonchev–Trinajstić information content (AvgIpc) is 3.27. The highest BCUT2D eigenvalue weighted by molar-refractivity contribution is 5.97. The summed E-state index contributed by atoms with van der Waals surface area (Å²) < 4.78 is 4.82. The van der Waals surface area contributed by atoms with E-state index in [9.17, 15) is 14.4 Å². The third-order valence-electron chi connectivity index (χ3n) is 2.96. The van der Waals surface area contributed by atoms with Crippen LogP contribution < -0.4 is 5.32 Å². The summed E-state index contributed by atoms with van der Waals surface area (Å²) in [5, 5.41) is 2.72. The van der Waals surface area contributed by atoms with Gasteiger partial charge in [-0.25, -0.2) is 0 Å². The van der Waals surface area contributed by atoms with Crippen LogP contribution >= 0.6 is 0 Å². The Morgan fingerprint density at radius 2 is 1.80 bits per heavy atom. The zero-order chi connectivity index (χ0) is 14.4. The summed E-state index contributed by atoms with van der Waals surface area (Å²) in [6, 6.07) is 9.03. The number of carbonyl (C=O) groups is 3. The van der Waals surface area contributed by atoms with Gasteiger partial charge in [0, 0.05) is 18.0 Å². The van der Waals surface area contributed by atoms with Crippen molar-refractivity contribution >= 4 is 17.7 Å². The smallest absolute Gasteiger partial charge is 0.306 e. The van der Waals surface area contributed by atoms with Crippen LogP contribution in [0.15, 0.2) is 30.3 Å². The highest BCUT2D eigenvalue weighted by atomic mass is 16.5. The van der Waals surface area contributed by atoms with Crippen LogP contribution in [0.3, 0.4) is 0 Å². The molecule has 2 rings (SSSR count). The van der Waals surface area contributed by atoms with Crippen molar-refractivity contribution in [2.24, 2.45) is 0 Å². The van der Waals surface area contributed by atoms with Gasteiger partial charge in [0.15, 0.2) is 12.4 Å². The lowest BCUT2D eigenvalue weighted by atomic mass is 10.1. The van der Waals surface area contributed by atoms with Crippen molar-refractivity contribution in [3.8, 4) is 0 Å². The normalized spacial score (nSPS) is 13.6. The van der Waals surface area contributed by atoms with Crippen LogP contribution in [-0.2, 0) is 14.3 Å². The maximum absolute atomic E-state index is 11.8. The van der Waals surface area contributed by atoms with Crippen molar-refractivity contribution < 1.29 is 19.1 Å². The highest BCUT2D eigenvalue weighted by Crippen LogP contribution is 2.18. The van der Waals surface area contributed by atoms with Crippen LogP contribution in [-0.4, -0.2) is 30.3 Å². The Morgan fingerprint density at radius 3 is 2.45 bits per heavy atom. The fraction of sp³-hybridized carbons (Fsp3) is 0.400. The number of ether oxygens (including phenoxy) is 1. The van der Waals surface area contributed by atoms with Crippen LogP contribution in [0.2, 0.25) is 0 Å². The molecule has 1 aliphatic rings. The van der Waals surface area contributed by atoms with Crippen LogP contribution in [0.4, 0.5) is 0 Å². The highest BCUT2D eigenvalue weighted by Gasteiger charge is 2.23. The third kappa shape index (κ3) is 4.84. The van der Waals surface area contributed by atoms with E-state index in [1.54, 1.807) is 24.3 Å². The molecular formula is C15H17NO4. The minimum atomic E-state index is -0.528. The number of carbonyl (C=O) groups excluding carboxylic acids is 3. The fourth-order valence-corrected chi connectivity index (χ4v) is 1.70. The van der Waals surface area contributed by atoms with Gasteiger partial charge in [-0.1, -0.05) is 30.3 Å². The van der Waals surface area contributed by atoms with Crippen LogP contribution in [0.5, 0.6) is 0 Å². The summed E-state index contributed by atoms with van der Waals surface area (Å²) >= 11 is 0. The molecule has 5 heteroatoms. The van der Waals surface area contributed by atoms with Gasteiger partial charge in [-0.05, 0) is 12.8 Å². The number of amides is 1. The quantitative estimate of drug-likeness (QED) is 0.604. The van der Waals surface area contributed by atoms with Crippen molar-refractivity contribution in [3.05, 3.63) is 35.9 Å². The molecule has 5 nitrogen and oxygen atoms in total. The Kier molecular flexibility index (Phi) is 4.87. The van der Waals surface area contributed by atoms with E-state index in [0.717, 1.165) is 12.8 Å². The van der Waals surface area contributed by atoms with Crippen LogP contribution in [0, 0.1) is 0 Å². The van der Waals surface area contributed by atoms with Gasteiger partial charge in [-0.2, -0.15) is 0 Å². The molecule has 0 aliphatic heterocycles. The molecule has 1 amide bonds. The first-order valence-corrected chi connectivity index (χ1v) is 6.68. The van der Waals surface area contributed by atoms with Crippen molar-refractivity contribution in [2.75, 3.05) is 6.61 Å². The van der Waals surface area contributed by atoms with Gasteiger partial charge in [-0.3, -0.25) is 14.4 Å². The standard InChI is InChI=1S/C15H17NO4/c17-13(11-4-2-1-3-5-11)8-9-15(19)20-10-14(18)16-12-6-7-12/h1-5,12H,6-10H2,(H,16,18). The van der Waals surface area contributed by atoms with Crippen LogP contribution in [0.25, 0.3) is 0 Å². The molecule has 1 saturated carbocycles. The van der Waals surface area contributed by atoms with E-state index in [-0.39, 0.29) is 37.2 Å². The number of ketones is 1. The Balaban J connectivity index is 1.64. The van der Waals surface area contributed by atoms with E-state index in [4.69, 9.17) is 4.74 Å². The maximum atomic E-state index is 11.8. The van der Waals surface area contributed by atoms with Crippen molar-refractivity contribution in [3.63, 3.8) is 0 Å². The molecule has 0 atom stereocenters. The number of nitrogens with one attached hydrogen (secondary N) is 1. The summed E-state index contributed by atoms with van der Waals surface area (Å²) in [5.41, 5.74) is 0.576. The van der Waals surface area contributed by atoms with E-state index in [2.05, 4.69) is 5.32 Å². The van der Waals surface area contributed by atoms with Crippen molar-refractivity contribution in [2.45, 2.75) is 31.7 Å². The number of benzene rings is 1. The third-order valence-corrected chi connectivity index (χ3v) is 2.96. The van der Waals surface area contributed by atoms with Gasteiger partial charge in [0.1, 0.15) is 0 Å². The second-order valence-corrected chi connectivity index (χ2v) is 4.79. The van der Waals surface area contributed by atoms with Gasteiger partial charge in [0.25, 0.3) is 5.91 Å². The second kappa shape index (κ2) is 6.84. The second-order valence-electron chi connectivity index (χ2n) is 4.79. The number of hydrogen-bond donors (Lipinski definition) is 1.